The third-order valence-corrected chi connectivity index (χ3v) is 6.58. The van der Waals surface area contributed by atoms with Crippen LogP contribution < -0.4 is 16.4 Å². The first-order valence-corrected chi connectivity index (χ1v) is 12.7. The van der Waals surface area contributed by atoms with Crippen molar-refractivity contribution in [1.82, 2.24) is 30.4 Å². The molecule has 1 aliphatic heterocycles. The Hall–Kier alpha value is -3.38. The maximum absolute atomic E-state index is 13.3. The lowest BCUT2D eigenvalue weighted by molar-refractivity contribution is -0.151. The van der Waals surface area contributed by atoms with Crippen molar-refractivity contribution >= 4 is 42.3 Å². The number of aryl methyl sites for hydroxylation is 1. The van der Waals surface area contributed by atoms with Gasteiger partial charge in [0.25, 0.3) is 5.91 Å². The summed E-state index contributed by atoms with van der Waals surface area (Å²) in [6.07, 6.45) is 0. The van der Waals surface area contributed by atoms with E-state index < -0.39 is 5.76 Å². The number of fused-ring (bicyclic) bond motifs is 1. The molecule has 40 heavy (non-hydrogen) atoms. The summed E-state index contributed by atoms with van der Waals surface area (Å²) in [6, 6.07) is 13.8. The second-order valence-electron chi connectivity index (χ2n) is 9.73. The number of hydrogen-bond acceptors (Lipinski definition) is 8. The van der Waals surface area contributed by atoms with Crippen LogP contribution in [0.15, 0.2) is 51.7 Å². The number of nitrogens with zero attached hydrogens (tertiary/aromatic N) is 4. The molecule has 0 aliphatic carbocycles. The molecule has 13 heteroatoms. The summed E-state index contributed by atoms with van der Waals surface area (Å²) in [7, 11) is 1.75. The van der Waals surface area contributed by atoms with Gasteiger partial charge in [0.05, 0.1) is 6.54 Å². The van der Waals surface area contributed by atoms with Crippen LogP contribution in [0.2, 0.25) is 0 Å². The van der Waals surface area contributed by atoms with E-state index in [1.165, 1.54) is 11.1 Å². The smallest absolute Gasteiger partial charge is 0.388 e. The molecule has 0 radical (unpaired) electrons. The number of benzene rings is 2. The van der Waals surface area contributed by atoms with Crippen LogP contribution in [-0.4, -0.2) is 76.2 Å². The Morgan fingerprint density at radius 1 is 1.10 bits per heavy atom. The first-order chi connectivity index (χ1) is 18.2. The molecule has 0 saturated heterocycles. The van der Waals surface area contributed by atoms with Crippen LogP contribution in [0.5, 0.6) is 0 Å². The second kappa shape index (κ2) is 14.8. The predicted octanol–water partition coefficient (Wildman–Crippen LogP) is 2.81. The molecule has 1 aliphatic rings. The van der Waals surface area contributed by atoms with Crippen molar-refractivity contribution in [1.29, 1.82) is 0 Å². The number of rotatable bonds is 11. The van der Waals surface area contributed by atoms with Gasteiger partial charge < -0.3 is 20.0 Å². The number of aromatic nitrogens is 2. The summed E-state index contributed by atoms with van der Waals surface area (Å²) >= 11 is 0. The fraction of sp³-hybridized carbons (Fsp3) is 0.407. The van der Waals surface area contributed by atoms with Gasteiger partial charge in [-0.25, -0.2) is 14.9 Å². The molecule has 0 saturated carbocycles. The minimum Gasteiger partial charge on any atom is -0.388 e. The molecule has 0 fully saturated rings. The lowest BCUT2D eigenvalue weighted by atomic mass is 10.1. The zero-order valence-electron chi connectivity index (χ0n) is 23.1. The van der Waals surface area contributed by atoms with Crippen LogP contribution in [0.1, 0.15) is 30.5 Å². The molecule has 218 valence electrons. The molecule has 2 aromatic carbocycles. The number of hydrogen-bond donors (Lipinski definition) is 3. The van der Waals surface area contributed by atoms with Crippen molar-refractivity contribution in [3.63, 3.8) is 0 Å². The third-order valence-electron chi connectivity index (χ3n) is 6.58. The van der Waals surface area contributed by atoms with Crippen LogP contribution in [0.25, 0.3) is 11.5 Å². The van der Waals surface area contributed by atoms with Crippen LogP contribution in [-0.2, 0) is 22.7 Å². The Morgan fingerprint density at radius 2 is 1.77 bits per heavy atom. The van der Waals surface area contributed by atoms with Gasteiger partial charge in [0.15, 0.2) is 0 Å². The van der Waals surface area contributed by atoms with Crippen molar-refractivity contribution in [3.05, 3.63) is 69.7 Å². The second-order valence-corrected chi connectivity index (χ2v) is 9.73. The molecule has 0 spiro atoms. The lowest BCUT2D eigenvalue weighted by Crippen LogP contribution is -2.49. The topological polar surface area (TPSA) is 127 Å². The third kappa shape index (κ3) is 8.31. The number of carbonyl (C=O) groups is 2. The van der Waals surface area contributed by atoms with E-state index in [0.29, 0.717) is 37.4 Å². The number of likely N-dealkylation sites (N-methyl/N-ethyl adjacent to an activating group) is 1. The Bertz CT molecular complexity index is 1320. The summed E-state index contributed by atoms with van der Waals surface area (Å²) in [5.41, 5.74) is 4.64. The predicted molar refractivity (Wildman–Crippen MR) is 158 cm³/mol. The van der Waals surface area contributed by atoms with E-state index in [1.807, 2.05) is 44.0 Å². The van der Waals surface area contributed by atoms with E-state index in [9.17, 15) is 14.4 Å². The van der Waals surface area contributed by atoms with Crippen molar-refractivity contribution in [2.24, 2.45) is 0 Å². The number of halogens is 2. The molecule has 1 aromatic heterocycles. The van der Waals surface area contributed by atoms with Gasteiger partial charge in [-0.1, -0.05) is 44.2 Å². The lowest BCUT2D eigenvalue weighted by Gasteiger charge is -2.31. The quantitative estimate of drug-likeness (QED) is 0.310. The maximum Gasteiger partial charge on any atom is 0.434 e. The van der Waals surface area contributed by atoms with E-state index in [-0.39, 0.29) is 61.7 Å². The summed E-state index contributed by atoms with van der Waals surface area (Å²) in [4.78, 5) is 39.4. The molecule has 2 heterocycles. The monoisotopic (exact) mass is 593 g/mol. The number of aromatic amines is 1. The average molecular weight is 595 g/mol. The normalized spacial score (nSPS) is 12.3. The maximum atomic E-state index is 13.3. The average Bonchev–Trinajstić information content (AvgIpc) is 3.53. The first-order valence-electron chi connectivity index (χ1n) is 12.7. The number of amides is 2. The summed E-state index contributed by atoms with van der Waals surface area (Å²) < 4.78 is 5.04. The number of hydrazine groups is 1. The minimum atomic E-state index is -0.636. The molecule has 4 rings (SSSR count). The largest absolute Gasteiger partial charge is 0.434 e. The van der Waals surface area contributed by atoms with E-state index in [2.05, 4.69) is 33.0 Å². The van der Waals surface area contributed by atoms with Gasteiger partial charge in [0.2, 0.25) is 11.8 Å². The fourth-order valence-electron chi connectivity index (χ4n) is 4.31. The number of H-pyrrole nitrogens is 1. The van der Waals surface area contributed by atoms with Crippen LogP contribution in [0.4, 0.5) is 5.69 Å². The molecule has 0 atom stereocenters. The summed E-state index contributed by atoms with van der Waals surface area (Å²) in [5.74, 6) is -0.813. The van der Waals surface area contributed by atoms with Crippen molar-refractivity contribution in [2.45, 2.75) is 39.9 Å². The van der Waals surface area contributed by atoms with Crippen LogP contribution in [0, 0.1) is 6.92 Å². The molecule has 0 unspecified atom stereocenters. The van der Waals surface area contributed by atoms with Gasteiger partial charge in [-0.15, -0.1) is 29.9 Å². The molecule has 2 amide bonds. The molecule has 3 N–H and O–H groups in total. The Balaban J connectivity index is 0.00000280. The molecule has 11 nitrogen and oxygen atoms in total. The van der Waals surface area contributed by atoms with E-state index in [4.69, 9.17) is 4.42 Å². The number of carbonyl (C=O) groups excluding carboxylic acids is 2. The van der Waals surface area contributed by atoms with Crippen molar-refractivity contribution in [3.8, 4) is 11.5 Å². The van der Waals surface area contributed by atoms with Gasteiger partial charge >= 0.3 is 5.76 Å². The summed E-state index contributed by atoms with van der Waals surface area (Å²) in [6.45, 7) is 8.25. The van der Waals surface area contributed by atoms with Gasteiger partial charge in [-0.3, -0.25) is 14.6 Å². The standard InChI is InChI=1S/C27H35N7O4.2ClH/c1-18(2)28-11-12-33(17-25(36)32(4)34-15-21-7-5-6-8-22(21)16-34)24(35)14-29-23-13-20(10-9-19(23)3)26-30-31-27(37)38-26;;/h5-10,13,18,28-29H,11-12,14-17H2,1-4H3,(H,31,37);2*1H. The molecule has 3 aromatic rings. The van der Waals surface area contributed by atoms with E-state index >= 15 is 0 Å². The molecular formula is C27H37Cl2N7O4. The minimum absolute atomic E-state index is 0. The number of anilines is 1. The zero-order chi connectivity index (χ0) is 27.2. The van der Waals surface area contributed by atoms with Gasteiger partial charge in [0.1, 0.15) is 6.54 Å². The van der Waals surface area contributed by atoms with E-state index in [1.54, 1.807) is 29.1 Å². The first kappa shape index (κ1) is 32.8. The van der Waals surface area contributed by atoms with Crippen molar-refractivity contribution < 1.29 is 14.0 Å². The molecule has 0 bridgehead atoms. The Morgan fingerprint density at radius 3 is 2.38 bits per heavy atom. The SMILES string of the molecule is Cc1ccc(-c2n[nH]c(=O)o2)cc1NCC(=O)N(CCNC(C)C)CC(=O)N(C)N1Cc2ccccc2C1.Cl.Cl. The highest BCUT2D eigenvalue weighted by atomic mass is 35.5. The van der Waals surface area contributed by atoms with Crippen LogP contribution >= 0.6 is 24.8 Å². The highest BCUT2D eigenvalue weighted by molar-refractivity contribution is 5.87. The van der Waals surface area contributed by atoms with Gasteiger partial charge in [-0.05, 0) is 35.7 Å². The van der Waals surface area contributed by atoms with Crippen LogP contribution in [0.3, 0.4) is 0 Å². The van der Waals surface area contributed by atoms with E-state index in [0.717, 1.165) is 5.56 Å². The zero-order valence-corrected chi connectivity index (χ0v) is 24.7. The highest BCUT2D eigenvalue weighted by Gasteiger charge is 2.27. The van der Waals surface area contributed by atoms with Crippen molar-refractivity contribution in [2.75, 3.05) is 38.5 Å². The summed E-state index contributed by atoms with van der Waals surface area (Å²) in [5, 5.41) is 16.2. The Labute approximate surface area is 246 Å². The van der Waals surface area contributed by atoms with Gasteiger partial charge in [-0.2, -0.15) is 0 Å². The van der Waals surface area contributed by atoms with Gasteiger partial charge in [0, 0.05) is 50.5 Å². The molecular weight excluding hydrogens is 557 g/mol. The highest BCUT2D eigenvalue weighted by Crippen LogP contribution is 2.24. The fourth-order valence-corrected chi connectivity index (χ4v) is 4.31. The number of nitrogens with one attached hydrogen (secondary N) is 3. The Kier molecular flexibility index (Phi) is 12.2.